The van der Waals surface area contributed by atoms with Crippen molar-refractivity contribution in [2.45, 2.75) is 25.4 Å². The molecule has 5 rings (SSSR count). The van der Waals surface area contributed by atoms with Gasteiger partial charge in [-0.3, -0.25) is 24.5 Å². The first-order valence-corrected chi connectivity index (χ1v) is 12.6. The summed E-state index contributed by atoms with van der Waals surface area (Å²) in [5, 5.41) is 3.12. The number of pyridine rings is 2. The number of anilines is 1. The van der Waals surface area contributed by atoms with Crippen molar-refractivity contribution < 1.29 is 9.59 Å². The van der Waals surface area contributed by atoms with Gasteiger partial charge in [0.05, 0.1) is 5.56 Å². The van der Waals surface area contributed by atoms with Gasteiger partial charge in [-0.05, 0) is 42.7 Å². The third-order valence-electron chi connectivity index (χ3n) is 7.01. The van der Waals surface area contributed by atoms with E-state index in [1.165, 1.54) is 11.8 Å². The van der Waals surface area contributed by atoms with Crippen LogP contribution >= 0.6 is 0 Å². The van der Waals surface area contributed by atoms with E-state index in [4.69, 9.17) is 0 Å². The van der Waals surface area contributed by atoms with E-state index in [1.54, 1.807) is 24.5 Å². The zero-order chi connectivity index (χ0) is 24.7. The topological polar surface area (TPSA) is 81.7 Å². The normalized spacial score (nSPS) is 17.1. The van der Waals surface area contributed by atoms with Gasteiger partial charge in [0.2, 0.25) is 0 Å². The molecule has 8 heteroatoms. The second-order valence-corrected chi connectivity index (χ2v) is 9.43. The molecule has 1 N–H and O–H groups in total. The van der Waals surface area contributed by atoms with Crippen LogP contribution in [0, 0.1) is 0 Å². The van der Waals surface area contributed by atoms with Crippen LogP contribution in [0.2, 0.25) is 0 Å². The van der Waals surface area contributed by atoms with E-state index in [0.29, 0.717) is 24.3 Å². The molecule has 3 aromatic rings. The van der Waals surface area contributed by atoms with E-state index >= 15 is 0 Å². The zero-order valence-corrected chi connectivity index (χ0v) is 20.4. The number of aromatic nitrogens is 2. The number of rotatable bonds is 6. The summed E-state index contributed by atoms with van der Waals surface area (Å²) in [6, 6.07) is 17.9. The van der Waals surface area contributed by atoms with Crippen molar-refractivity contribution in [3.8, 4) is 0 Å². The molecule has 0 saturated carbocycles. The molecule has 2 amide bonds. The number of nitrogens with zero attached hydrogens (tertiary/aromatic N) is 5. The molecule has 0 unspecified atom stereocenters. The Bertz CT molecular complexity index is 1140. The fourth-order valence-electron chi connectivity index (χ4n) is 4.90. The first kappa shape index (κ1) is 23.9. The maximum atomic E-state index is 13.0. The second kappa shape index (κ2) is 11.3. The minimum absolute atomic E-state index is 0.0466. The summed E-state index contributed by atoms with van der Waals surface area (Å²) in [7, 11) is 0. The number of likely N-dealkylation sites (tertiary alicyclic amines) is 1. The number of carbonyl (C=O) groups is 2. The van der Waals surface area contributed by atoms with Gasteiger partial charge in [0.1, 0.15) is 5.69 Å². The minimum atomic E-state index is -0.179. The SMILES string of the molecule is O=C(NC1CCN(Cc2ccccc2)CC1)c1ccc(C(=O)N2CCN(c3ccncc3)CC2)cn1. The summed E-state index contributed by atoms with van der Waals surface area (Å²) in [5.41, 5.74) is 3.30. The molecule has 2 aliphatic heterocycles. The molecule has 0 spiro atoms. The van der Waals surface area contributed by atoms with Gasteiger partial charge in [0.25, 0.3) is 11.8 Å². The Morgan fingerprint density at radius 1 is 0.861 bits per heavy atom. The standard InChI is InChI=1S/C28H32N6O2/c35-27(31-24-10-14-32(15-11-24)21-22-4-2-1-3-5-22)26-7-6-23(20-30-26)28(36)34-18-16-33(17-19-34)25-8-12-29-13-9-25/h1-9,12-13,20,24H,10-11,14-19,21H2,(H,31,35). The number of hydrogen-bond acceptors (Lipinski definition) is 6. The van der Waals surface area contributed by atoms with Crippen molar-refractivity contribution in [1.82, 2.24) is 25.1 Å². The lowest BCUT2D eigenvalue weighted by atomic mass is 10.0. The highest BCUT2D eigenvalue weighted by Gasteiger charge is 2.24. The van der Waals surface area contributed by atoms with Crippen LogP contribution in [0.3, 0.4) is 0 Å². The van der Waals surface area contributed by atoms with Crippen molar-refractivity contribution in [3.63, 3.8) is 0 Å². The number of amides is 2. The van der Waals surface area contributed by atoms with E-state index < -0.39 is 0 Å². The third-order valence-corrected chi connectivity index (χ3v) is 7.01. The molecule has 0 bridgehead atoms. The number of piperazine rings is 1. The largest absolute Gasteiger partial charge is 0.368 e. The Morgan fingerprint density at radius 3 is 2.25 bits per heavy atom. The van der Waals surface area contributed by atoms with Gasteiger partial charge in [-0.25, -0.2) is 0 Å². The number of benzene rings is 1. The molecule has 2 saturated heterocycles. The van der Waals surface area contributed by atoms with Crippen LogP contribution in [0.15, 0.2) is 73.2 Å². The van der Waals surface area contributed by atoms with Crippen molar-refractivity contribution in [2.24, 2.45) is 0 Å². The first-order valence-electron chi connectivity index (χ1n) is 12.6. The Labute approximate surface area is 212 Å². The highest BCUT2D eigenvalue weighted by atomic mass is 16.2. The van der Waals surface area contributed by atoms with Gasteiger partial charge < -0.3 is 15.1 Å². The Hall–Kier alpha value is -3.78. The minimum Gasteiger partial charge on any atom is -0.368 e. The highest BCUT2D eigenvalue weighted by molar-refractivity contribution is 5.96. The number of hydrogen-bond donors (Lipinski definition) is 1. The summed E-state index contributed by atoms with van der Waals surface area (Å²) in [4.78, 5) is 40.6. The maximum absolute atomic E-state index is 13.0. The number of carbonyl (C=O) groups excluding carboxylic acids is 2. The molecule has 0 aliphatic carbocycles. The number of nitrogens with one attached hydrogen (secondary N) is 1. The van der Waals surface area contributed by atoms with Crippen LogP contribution in [0.4, 0.5) is 5.69 Å². The molecule has 0 atom stereocenters. The van der Waals surface area contributed by atoms with Gasteiger partial charge in [-0.2, -0.15) is 0 Å². The van der Waals surface area contributed by atoms with Crippen molar-refractivity contribution in [2.75, 3.05) is 44.2 Å². The molecule has 2 aromatic heterocycles. The fourth-order valence-corrected chi connectivity index (χ4v) is 4.90. The van der Waals surface area contributed by atoms with Gasteiger partial charge in [0.15, 0.2) is 0 Å². The molecule has 2 aliphatic rings. The summed E-state index contributed by atoms with van der Waals surface area (Å²) in [6.07, 6.45) is 6.92. The van der Waals surface area contributed by atoms with Gasteiger partial charge in [0, 0.05) is 76.1 Å². The van der Waals surface area contributed by atoms with Crippen LogP contribution < -0.4 is 10.2 Å². The van der Waals surface area contributed by atoms with E-state index in [0.717, 1.165) is 51.3 Å². The first-order chi connectivity index (χ1) is 17.7. The van der Waals surface area contributed by atoms with E-state index in [1.807, 2.05) is 23.1 Å². The molecule has 1 aromatic carbocycles. The molecular formula is C28H32N6O2. The monoisotopic (exact) mass is 484 g/mol. The van der Waals surface area contributed by atoms with E-state index in [2.05, 4.69) is 49.4 Å². The maximum Gasteiger partial charge on any atom is 0.270 e. The lowest BCUT2D eigenvalue weighted by Crippen LogP contribution is -2.48. The summed E-state index contributed by atoms with van der Waals surface area (Å²) >= 11 is 0. The lowest BCUT2D eigenvalue weighted by Gasteiger charge is -2.36. The summed E-state index contributed by atoms with van der Waals surface area (Å²) in [6.45, 7) is 5.68. The van der Waals surface area contributed by atoms with Crippen LogP contribution in [0.1, 0.15) is 39.3 Å². The third kappa shape index (κ3) is 5.88. The Kier molecular flexibility index (Phi) is 7.52. The van der Waals surface area contributed by atoms with E-state index in [9.17, 15) is 9.59 Å². The zero-order valence-electron chi connectivity index (χ0n) is 20.4. The second-order valence-electron chi connectivity index (χ2n) is 9.43. The van der Waals surface area contributed by atoms with Crippen LogP contribution in [-0.4, -0.2) is 76.9 Å². The van der Waals surface area contributed by atoms with Crippen molar-refractivity contribution >= 4 is 17.5 Å². The molecular weight excluding hydrogens is 452 g/mol. The molecule has 8 nitrogen and oxygen atoms in total. The van der Waals surface area contributed by atoms with Crippen molar-refractivity contribution in [3.05, 3.63) is 90.0 Å². The highest BCUT2D eigenvalue weighted by Crippen LogP contribution is 2.17. The predicted molar refractivity (Wildman–Crippen MR) is 139 cm³/mol. The lowest BCUT2D eigenvalue weighted by molar-refractivity contribution is 0.0745. The Balaban J connectivity index is 1.08. The Morgan fingerprint density at radius 2 is 1.58 bits per heavy atom. The molecule has 4 heterocycles. The average Bonchev–Trinajstić information content (AvgIpc) is 2.95. The predicted octanol–water partition coefficient (Wildman–Crippen LogP) is 2.83. The number of piperidine rings is 1. The van der Waals surface area contributed by atoms with E-state index in [-0.39, 0.29) is 17.9 Å². The van der Waals surface area contributed by atoms with Crippen LogP contribution in [-0.2, 0) is 6.54 Å². The molecule has 186 valence electrons. The molecule has 2 fully saturated rings. The average molecular weight is 485 g/mol. The van der Waals surface area contributed by atoms with Crippen LogP contribution in [0.25, 0.3) is 0 Å². The van der Waals surface area contributed by atoms with Crippen LogP contribution in [0.5, 0.6) is 0 Å². The summed E-state index contributed by atoms with van der Waals surface area (Å²) < 4.78 is 0. The van der Waals surface area contributed by atoms with Crippen molar-refractivity contribution in [1.29, 1.82) is 0 Å². The fraction of sp³-hybridized carbons (Fsp3) is 0.357. The smallest absolute Gasteiger partial charge is 0.270 e. The van der Waals surface area contributed by atoms with Gasteiger partial charge in [-0.15, -0.1) is 0 Å². The molecule has 0 radical (unpaired) electrons. The van der Waals surface area contributed by atoms with Gasteiger partial charge >= 0.3 is 0 Å². The molecule has 36 heavy (non-hydrogen) atoms. The van der Waals surface area contributed by atoms with Gasteiger partial charge in [-0.1, -0.05) is 30.3 Å². The quantitative estimate of drug-likeness (QED) is 0.580. The summed E-state index contributed by atoms with van der Waals surface area (Å²) in [5.74, 6) is -0.226.